The second-order valence-corrected chi connectivity index (χ2v) is 8.23. The van der Waals surface area contributed by atoms with Crippen LogP contribution in [0.4, 0.5) is 0 Å². The summed E-state index contributed by atoms with van der Waals surface area (Å²) in [5.74, 6) is 0.130. The molecule has 142 valence electrons. The first-order chi connectivity index (χ1) is 11.1. The van der Waals surface area contributed by atoms with Crippen molar-refractivity contribution < 1.29 is 43.6 Å². The van der Waals surface area contributed by atoms with E-state index in [1.54, 1.807) is 0 Å². The molecule has 4 nitrogen and oxygen atoms in total. The van der Waals surface area contributed by atoms with Gasteiger partial charge in [-0.15, -0.1) is 0 Å². The van der Waals surface area contributed by atoms with Crippen molar-refractivity contribution in [1.29, 1.82) is 0 Å². The maximum Gasteiger partial charge on any atom is 1.00 e. The Balaban J connectivity index is -0.00000242. The van der Waals surface area contributed by atoms with Crippen molar-refractivity contribution in [3.8, 4) is 0 Å². The van der Waals surface area contributed by atoms with Crippen LogP contribution in [0.5, 0.6) is 0 Å². The molecule has 0 aliphatic carbocycles. The average molecular weight is 374 g/mol. The Morgan fingerprint density at radius 1 is 0.750 bits per heavy atom. The summed E-state index contributed by atoms with van der Waals surface area (Å²) in [4.78, 5) is 0. The molecule has 2 N–H and O–H groups in total. The van der Waals surface area contributed by atoms with Gasteiger partial charge >= 0.3 is 29.6 Å². The van der Waals surface area contributed by atoms with E-state index in [0.717, 1.165) is 12.8 Å². The van der Waals surface area contributed by atoms with E-state index in [9.17, 15) is 8.42 Å². The molecular formula is C18H40NNaO3S. The third-order valence-electron chi connectivity index (χ3n) is 4.13. The number of unbranched alkanes of at least 4 members (excludes halogenated alkanes) is 13. The summed E-state index contributed by atoms with van der Waals surface area (Å²) >= 11 is 0. The molecule has 6 heteroatoms. The molecule has 0 spiro atoms. The van der Waals surface area contributed by atoms with Crippen LogP contribution in [0.1, 0.15) is 98.2 Å². The summed E-state index contributed by atoms with van der Waals surface area (Å²) in [6.45, 7) is 2.60. The van der Waals surface area contributed by atoms with Gasteiger partial charge in [0.25, 0.3) is 10.1 Å². The van der Waals surface area contributed by atoms with Crippen LogP contribution >= 0.6 is 0 Å². The molecule has 0 aromatic rings. The summed E-state index contributed by atoms with van der Waals surface area (Å²) in [7, 11) is -3.34. The van der Waals surface area contributed by atoms with Crippen molar-refractivity contribution in [3.05, 3.63) is 0 Å². The van der Waals surface area contributed by atoms with Gasteiger partial charge in [-0.1, -0.05) is 90.4 Å². The Morgan fingerprint density at radius 3 is 1.50 bits per heavy atom. The Labute approximate surface area is 174 Å². The molecule has 0 saturated heterocycles. The van der Waals surface area contributed by atoms with Crippen molar-refractivity contribution in [1.82, 2.24) is 0 Å². The zero-order chi connectivity index (χ0) is 17.2. The van der Waals surface area contributed by atoms with Crippen molar-refractivity contribution >= 4 is 10.1 Å². The van der Waals surface area contributed by atoms with Crippen LogP contribution in [-0.2, 0) is 14.3 Å². The topological polar surface area (TPSA) is 69.4 Å². The van der Waals surface area contributed by atoms with Crippen LogP contribution in [-0.4, -0.2) is 27.3 Å². The fraction of sp³-hybridized carbons (Fsp3) is 1.00. The molecule has 0 fully saturated rings. The van der Waals surface area contributed by atoms with Crippen LogP contribution in [0.25, 0.3) is 0 Å². The van der Waals surface area contributed by atoms with Gasteiger partial charge in [0.15, 0.2) is 0 Å². The Hall–Kier alpha value is 0.870. The van der Waals surface area contributed by atoms with Gasteiger partial charge in [0.2, 0.25) is 0 Å². The van der Waals surface area contributed by atoms with Crippen molar-refractivity contribution in [2.45, 2.75) is 96.8 Å². The largest absolute Gasteiger partial charge is 1.00 e. The molecule has 0 aromatic carbocycles. The van der Waals surface area contributed by atoms with Crippen LogP contribution in [0.3, 0.4) is 0 Å². The molecule has 0 aliphatic heterocycles. The monoisotopic (exact) mass is 373 g/mol. The normalized spacial score (nSPS) is 11.4. The standard InChI is InChI=1S/C18H39NO3S.Na.H/c1-2-3-4-5-6-7-8-9-10-11-12-13-14-15-18-23(20,21)22-17-16-19;;/h2-19H2,1H3;;/q;+1;-1. The molecule has 0 atom stereocenters. The Kier molecular flexibility index (Phi) is 22.8. The van der Waals surface area contributed by atoms with Crippen molar-refractivity contribution in [3.63, 3.8) is 0 Å². The third-order valence-corrected chi connectivity index (χ3v) is 5.44. The quantitative estimate of drug-likeness (QED) is 0.226. The van der Waals surface area contributed by atoms with E-state index in [0.29, 0.717) is 6.42 Å². The van der Waals surface area contributed by atoms with Gasteiger partial charge < -0.3 is 7.16 Å². The number of rotatable bonds is 18. The predicted molar refractivity (Wildman–Crippen MR) is 100 cm³/mol. The molecule has 0 saturated carbocycles. The van der Waals surface area contributed by atoms with Crippen LogP contribution in [0.2, 0.25) is 0 Å². The number of nitrogens with two attached hydrogens (primary N) is 1. The van der Waals surface area contributed by atoms with E-state index in [1.165, 1.54) is 70.6 Å². The van der Waals surface area contributed by atoms with Gasteiger partial charge in [-0.05, 0) is 6.42 Å². The molecule has 0 radical (unpaired) electrons. The van der Waals surface area contributed by atoms with Gasteiger partial charge in [-0.2, -0.15) is 8.42 Å². The predicted octanol–water partition coefficient (Wildman–Crippen LogP) is 1.89. The van der Waals surface area contributed by atoms with Gasteiger partial charge in [-0.25, -0.2) is 0 Å². The summed E-state index contributed by atoms with van der Waals surface area (Å²) < 4.78 is 27.6. The first kappa shape index (κ1) is 27.1. The summed E-state index contributed by atoms with van der Waals surface area (Å²) in [6, 6.07) is 0. The number of hydrogen-bond donors (Lipinski definition) is 1. The smallest absolute Gasteiger partial charge is 1.00 e. The van der Waals surface area contributed by atoms with Crippen LogP contribution in [0, 0.1) is 0 Å². The minimum absolute atomic E-state index is 0. The average Bonchev–Trinajstić information content (AvgIpc) is 2.53. The molecule has 0 unspecified atom stereocenters. The molecule has 0 bridgehead atoms. The van der Waals surface area contributed by atoms with Crippen molar-refractivity contribution in [2.75, 3.05) is 18.9 Å². The van der Waals surface area contributed by atoms with Gasteiger partial charge in [0, 0.05) is 6.54 Å². The molecule has 0 heterocycles. The molecule has 0 aliphatic rings. The second-order valence-electron chi connectivity index (χ2n) is 6.47. The molecule has 0 amide bonds. The summed E-state index contributed by atoms with van der Waals surface area (Å²) in [5, 5.41) is 0. The van der Waals surface area contributed by atoms with Crippen LogP contribution < -0.4 is 35.3 Å². The minimum Gasteiger partial charge on any atom is -1.00 e. The molecular weight excluding hydrogens is 333 g/mol. The van der Waals surface area contributed by atoms with E-state index in [1.807, 2.05) is 0 Å². The third kappa shape index (κ3) is 20.9. The fourth-order valence-corrected chi connectivity index (χ4v) is 3.73. The summed E-state index contributed by atoms with van der Waals surface area (Å²) in [6.07, 6.45) is 17.7. The zero-order valence-corrected chi connectivity index (χ0v) is 19.0. The van der Waals surface area contributed by atoms with Gasteiger partial charge in [0.05, 0.1) is 12.4 Å². The molecule has 24 heavy (non-hydrogen) atoms. The minimum atomic E-state index is -3.34. The molecule has 0 rings (SSSR count). The maximum atomic E-state index is 11.4. The van der Waals surface area contributed by atoms with Crippen LogP contribution in [0.15, 0.2) is 0 Å². The molecule has 0 aromatic heterocycles. The fourth-order valence-electron chi connectivity index (χ4n) is 2.71. The van der Waals surface area contributed by atoms with Crippen molar-refractivity contribution in [2.24, 2.45) is 5.73 Å². The van der Waals surface area contributed by atoms with E-state index >= 15 is 0 Å². The van der Waals surface area contributed by atoms with E-state index < -0.39 is 10.1 Å². The van der Waals surface area contributed by atoms with E-state index in [2.05, 4.69) is 6.92 Å². The second kappa shape index (κ2) is 20.2. The van der Waals surface area contributed by atoms with E-state index in [4.69, 9.17) is 9.92 Å². The first-order valence-corrected chi connectivity index (χ1v) is 11.3. The van der Waals surface area contributed by atoms with Gasteiger partial charge in [-0.3, -0.25) is 4.18 Å². The number of hydrogen-bond acceptors (Lipinski definition) is 4. The Bertz CT molecular complexity index is 343. The zero-order valence-electron chi connectivity index (χ0n) is 17.2. The summed E-state index contributed by atoms with van der Waals surface area (Å²) in [5.41, 5.74) is 5.23. The first-order valence-electron chi connectivity index (χ1n) is 9.69. The Morgan fingerprint density at radius 2 is 1.12 bits per heavy atom. The maximum absolute atomic E-state index is 11.4. The van der Waals surface area contributed by atoms with E-state index in [-0.39, 0.29) is 49.9 Å². The SMILES string of the molecule is CCCCCCCCCCCCCCCCS(=O)(=O)OCCN.[H-].[Na+]. The van der Waals surface area contributed by atoms with Gasteiger partial charge in [0.1, 0.15) is 0 Å².